The quantitative estimate of drug-likeness (QED) is 0.818. The van der Waals surface area contributed by atoms with E-state index in [-0.39, 0.29) is 5.92 Å². The third kappa shape index (κ3) is 2.02. The monoisotopic (exact) mass is 227 g/mol. The molecule has 5 nitrogen and oxygen atoms in total. The van der Waals surface area contributed by atoms with E-state index in [1.54, 1.807) is 6.20 Å². The van der Waals surface area contributed by atoms with Crippen molar-refractivity contribution in [2.75, 3.05) is 18.0 Å². The summed E-state index contributed by atoms with van der Waals surface area (Å²) in [6.07, 6.45) is 3.69. The van der Waals surface area contributed by atoms with Crippen LogP contribution in [0.2, 0.25) is 5.15 Å². The SMILES string of the molecule is O=C(O)[C@@H]1CCN(c2nccnc2Cl)C1. The molecular weight excluding hydrogens is 218 g/mol. The highest BCUT2D eigenvalue weighted by molar-refractivity contribution is 6.31. The molecule has 0 bridgehead atoms. The summed E-state index contributed by atoms with van der Waals surface area (Å²) in [4.78, 5) is 20.6. The second-order valence-electron chi connectivity index (χ2n) is 3.44. The van der Waals surface area contributed by atoms with Gasteiger partial charge in [-0.05, 0) is 6.42 Å². The third-order valence-corrected chi connectivity index (χ3v) is 2.74. The van der Waals surface area contributed by atoms with E-state index in [4.69, 9.17) is 16.7 Å². The molecule has 0 spiro atoms. The van der Waals surface area contributed by atoms with Crippen molar-refractivity contribution in [2.24, 2.45) is 5.92 Å². The number of anilines is 1. The van der Waals surface area contributed by atoms with Crippen molar-refractivity contribution >= 4 is 23.4 Å². The zero-order chi connectivity index (χ0) is 10.8. The van der Waals surface area contributed by atoms with Crippen molar-refractivity contribution < 1.29 is 9.90 Å². The highest BCUT2D eigenvalue weighted by Gasteiger charge is 2.29. The summed E-state index contributed by atoms with van der Waals surface area (Å²) < 4.78 is 0. The van der Waals surface area contributed by atoms with Crippen LogP contribution in [0.3, 0.4) is 0 Å². The summed E-state index contributed by atoms with van der Waals surface area (Å²) >= 11 is 5.87. The first-order chi connectivity index (χ1) is 7.18. The minimum atomic E-state index is -0.766. The van der Waals surface area contributed by atoms with E-state index < -0.39 is 5.97 Å². The molecule has 1 saturated heterocycles. The van der Waals surface area contributed by atoms with Crippen molar-refractivity contribution in [3.63, 3.8) is 0 Å². The first-order valence-corrected chi connectivity index (χ1v) is 5.00. The molecule has 1 aromatic rings. The Bertz CT molecular complexity index is 385. The number of nitrogens with zero attached hydrogens (tertiary/aromatic N) is 3. The van der Waals surface area contributed by atoms with E-state index >= 15 is 0 Å². The maximum absolute atomic E-state index is 10.8. The summed E-state index contributed by atoms with van der Waals surface area (Å²) in [5.74, 6) is -0.525. The molecule has 0 saturated carbocycles. The molecule has 0 aliphatic carbocycles. The second kappa shape index (κ2) is 4.02. The lowest BCUT2D eigenvalue weighted by Crippen LogP contribution is -2.23. The topological polar surface area (TPSA) is 66.3 Å². The van der Waals surface area contributed by atoms with Gasteiger partial charge in [-0.15, -0.1) is 0 Å². The summed E-state index contributed by atoms with van der Waals surface area (Å²) in [6.45, 7) is 1.11. The van der Waals surface area contributed by atoms with E-state index in [0.717, 1.165) is 0 Å². The highest BCUT2D eigenvalue weighted by Crippen LogP contribution is 2.26. The maximum Gasteiger partial charge on any atom is 0.308 e. The van der Waals surface area contributed by atoms with Gasteiger partial charge >= 0.3 is 5.97 Å². The normalized spacial score (nSPS) is 20.6. The van der Waals surface area contributed by atoms with Gasteiger partial charge in [-0.3, -0.25) is 4.79 Å². The molecule has 0 radical (unpaired) electrons. The predicted molar refractivity (Wildman–Crippen MR) is 55.0 cm³/mol. The Balaban J connectivity index is 2.14. The minimum absolute atomic E-state index is 0.323. The van der Waals surface area contributed by atoms with Crippen LogP contribution in [0.25, 0.3) is 0 Å². The van der Waals surface area contributed by atoms with Crippen LogP contribution in [0.15, 0.2) is 12.4 Å². The lowest BCUT2D eigenvalue weighted by atomic mass is 10.1. The standard InChI is InChI=1S/C9H10ClN3O2/c10-7-8(12-3-2-11-7)13-4-1-6(5-13)9(14)15/h2-3,6H,1,4-5H2,(H,14,15)/t6-/m1/s1. The Morgan fingerprint density at radius 1 is 1.53 bits per heavy atom. The van der Waals surface area contributed by atoms with Gasteiger partial charge in [-0.2, -0.15) is 0 Å². The van der Waals surface area contributed by atoms with Gasteiger partial charge in [-0.1, -0.05) is 11.6 Å². The minimum Gasteiger partial charge on any atom is -0.481 e. The first-order valence-electron chi connectivity index (χ1n) is 4.62. The van der Waals surface area contributed by atoms with Crippen molar-refractivity contribution in [2.45, 2.75) is 6.42 Å². The first kappa shape index (κ1) is 10.2. The van der Waals surface area contributed by atoms with Crippen LogP contribution in [-0.2, 0) is 4.79 Å². The molecule has 6 heteroatoms. The van der Waals surface area contributed by atoms with Crippen LogP contribution >= 0.6 is 11.6 Å². The Morgan fingerprint density at radius 3 is 2.87 bits per heavy atom. The fourth-order valence-electron chi connectivity index (χ4n) is 1.68. The van der Waals surface area contributed by atoms with Crippen LogP contribution in [0.1, 0.15) is 6.42 Å². The highest BCUT2D eigenvalue weighted by atomic mass is 35.5. The number of carboxylic acids is 1. The molecule has 1 fully saturated rings. The lowest BCUT2D eigenvalue weighted by molar-refractivity contribution is -0.140. The smallest absolute Gasteiger partial charge is 0.308 e. The van der Waals surface area contributed by atoms with Gasteiger partial charge < -0.3 is 10.0 Å². The van der Waals surface area contributed by atoms with E-state index in [2.05, 4.69) is 9.97 Å². The molecule has 80 valence electrons. The fraction of sp³-hybridized carbons (Fsp3) is 0.444. The molecule has 2 rings (SSSR count). The van der Waals surface area contributed by atoms with Gasteiger partial charge in [0.25, 0.3) is 0 Å². The van der Waals surface area contributed by atoms with E-state index in [1.807, 2.05) is 4.90 Å². The van der Waals surface area contributed by atoms with Crippen molar-refractivity contribution in [3.8, 4) is 0 Å². The van der Waals surface area contributed by atoms with E-state index in [0.29, 0.717) is 30.5 Å². The zero-order valence-electron chi connectivity index (χ0n) is 7.93. The number of carbonyl (C=O) groups is 1. The molecule has 15 heavy (non-hydrogen) atoms. The van der Waals surface area contributed by atoms with Gasteiger partial charge in [0.15, 0.2) is 11.0 Å². The molecule has 0 aromatic carbocycles. The number of carboxylic acid groups (broad SMARTS) is 1. The molecule has 1 atom stereocenters. The summed E-state index contributed by atoms with van der Waals surface area (Å²) in [7, 11) is 0. The maximum atomic E-state index is 10.8. The summed E-state index contributed by atoms with van der Waals surface area (Å²) in [6, 6.07) is 0. The molecule has 1 aliphatic heterocycles. The average molecular weight is 228 g/mol. The van der Waals surface area contributed by atoms with Gasteiger partial charge in [0, 0.05) is 25.5 Å². The number of aromatic nitrogens is 2. The number of rotatable bonds is 2. The molecule has 1 N–H and O–H groups in total. The van der Waals surface area contributed by atoms with Crippen LogP contribution in [0.5, 0.6) is 0 Å². The van der Waals surface area contributed by atoms with Crippen LogP contribution in [0.4, 0.5) is 5.82 Å². The van der Waals surface area contributed by atoms with Gasteiger partial charge in [0.2, 0.25) is 0 Å². The molecule has 2 heterocycles. The van der Waals surface area contributed by atoms with Crippen LogP contribution in [0, 0.1) is 5.92 Å². The average Bonchev–Trinajstić information content (AvgIpc) is 2.67. The lowest BCUT2D eigenvalue weighted by Gasteiger charge is -2.16. The molecule has 1 aliphatic rings. The number of halogens is 1. The van der Waals surface area contributed by atoms with E-state index in [9.17, 15) is 4.79 Å². The molecule has 1 aromatic heterocycles. The summed E-state index contributed by atoms with van der Waals surface area (Å²) in [5, 5.41) is 9.17. The van der Waals surface area contributed by atoms with E-state index in [1.165, 1.54) is 6.20 Å². The third-order valence-electron chi connectivity index (χ3n) is 2.47. The largest absolute Gasteiger partial charge is 0.481 e. The zero-order valence-corrected chi connectivity index (χ0v) is 8.68. The number of hydrogen-bond acceptors (Lipinski definition) is 4. The van der Waals surface area contributed by atoms with Gasteiger partial charge in [0.1, 0.15) is 0 Å². The molecule has 0 unspecified atom stereocenters. The van der Waals surface area contributed by atoms with Crippen molar-refractivity contribution in [1.82, 2.24) is 9.97 Å². The van der Waals surface area contributed by atoms with Crippen LogP contribution < -0.4 is 4.90 Å². The van der Waals surface area contributed by atoms with Crippen molar-refractivity contribution in [3.05, 3.63) is 17.5 Å². The Labute approximate surface area is 91.7 Å². The molecular formula is C9H10ClN3O2. The molecule has 0 amide bonds. The van der Waals surface area contributed by atoms with Crippen LogP contribution in [-0.4, -0.2) is 34.1 Å². The predicted octanol–water partition coefficient (Wildman–Crippen LogP) is 1.04. The number of hydrogen-bond donors (Lipinski definition) is 1. The fourth-order valence-corrected chi connectivity index (χ4v) is 1.90. The Morgan fingerprint density at radius 2 is 2.27 bits per heavy atom. The second-order valence-corrected chi connectivity index (χ2v) is 3.80. The summed E-state index contributed by atoms with van der Waals surface area (Å²) in [5.41, 5.74) is 0. The van der Waals surface area contributed by atoms with Crippen molar-refractivity contribution in [1.29, 1.82) is 0 Å². The van der Waals surface area contributed by atoms with Gasteiger partial charge in [0.05, 0.1) is 5.92 Å². The Hall–Kier alpha value is -1.36. The Kier molecular flexibility index (Phi) is 2.73. The number of aliphatic carboxylic acids is 1. The van der Waals surface area contributed by atoms with Gasteiger partial charge in [-0.25, -0.2) is 9.97 Å².